The van der Waals surface area contributed by atoms with Crippen molar-refractivity contribution in [3.63, 3.8) is 0 Å². The molecule has 0 aromatic carbocycles. The van der Waals surface area contributed by atoms with E-state index in [0.29, 0.717) is 6.42 Å². The molecule has 0 aliphatic rings. The van der Waals surface area contributed by atoms with Crippen LogP contribution >= 0.6 is 0 Å². The number of unbranched alkanes of at least 4 members (excludes halogenated alkanes) is 21. The van der Waals surface area contributed by atoms with Gasteiger partial charge in [-0.05, 0) is 26.2 Å². The van der Waals surface area contributed by atoms with E-state index in [1.54, 1.807) is 0 Å². The largest absolute Gasteiger partial charge is 0.393 e. The van der Waals surface area contributed by atoms with E-state index >= 15 is 0 Å². The lowest BCUT2D eigenvalue weighted by molar-refractivity contribution is -0.167. The van der Waals surface area contributed by atoms with Crippen LogP contribution in [0.2, 0.25) is 0 Å². The van der Waals surface area contributed by atoms with Gasteiger partial charge in [-0.15, -0.1) is 0 Å². The van der Waals surface area contributed by atoms with Gasteiger partial charge in [0.25, 0.3) is 0 Å². The fraction of sp³-hybridized carbons (Fsp3) is 0.941. The van der Waals surface area contributed by atoms with Crippen LogP contribution in [-0.2, 0) is 14.3 Å². The highest BCUT2D eigenvalue weighted by Crippen LogP contribution is 2.33. The maximum atomic E-state index is 12.9. The second kappa shape index (κ2) is 26.7. The molecule has 0 heterocycles. The molecule has 0 N–H and O–H groups in total. The molecule has 1 unspecified atom stereocenters. The summed E-state index contributed by atoms with van der Waals surface area (Å²) in [5.41, 5.74) is -0.511. The highest BCUT2D eigenvalue weighted by molar-refractivity contribution is 5.88. The zero-order valence-corrected chi connectivity index (χ0v) is 25.8. The predicted octanol–water partition coefficient (Wildman–Crippen LogP) is 11.7. The van der Waals surface area contributed by atoms with Gasteiger partial charge in [-0.2, -0.15) is 0 Å². The SMILES string of the molecule is CCCCCCCCCCCCCCCCC(=O)OC(=O)C(C)(CCCC)CCCCCCCCCC. The van der Waals surface area contributed by atoms with E-state index in [9.17, 15) is 9.59 Å². The Morgan fingerprint density at radius 2 is 0.784 bits per heavy atom. The fourth-order valence-corrected chi connectivity index (χ4v) is 5.29. The lowest BCUT2D eigenvalue weighted by Crippen LogP contribution is -2.32. The van der Waals surface area contributed by atoms with Gasteiger partial charge in [0, 0.05) is 6.42 Å². The van der Waals surface area contributed by atoms with Crippen molar-refractivity contribution < 1.29 is 14.3 Å². The van der Waals surface area contributed by atoms with Crippen molar-refractivity contribution in [3.8, 4) is 0 Å². The van der Waals surface area contributed by atoms with Gasteiger partial charge in [-0.3, -0.25) is 9.59 Å². The van der Waals surface area contributed by atoms with Gasteiger partial charge in [-0.25, -0.2) is 0 Å². The van der Waals surface area contributed by atoms with E-state index in [4.69, 9.17) is 4.74 Å². The van der Waals surface area contributed by atoms with Crippen LogP contribution in [-0.4, -0.2) is 11.9 Å². The monoisotopic (exact) mass is 523 g/mol. The minimum atomic E-state index is -0.511. The Kier molecular flexibility index (Phi) is 26.1. The molecule has 0 aromatic heterocycles. The molecule has 0 aliphatic heterocycles. The number of esters is 2. The van der Waals surface area contributed by atoms with Crippen molar-refractivity contribution in [3.05, 3.63) is 0 Å². The molecule has 220 valence electrons. The second-order valence-electron chi connectivity index (χ2n) is 12.0. The van der Waals surface area contributed by atoms with Crippen molar-refractivity contribution in [1.82, 2.24) is 0 Å². The average molecular weight is 523 g/mol. The van der Waals surface area contributed by atoms with Gasteiger partial charge in [0.2, 0.25) is 0 Å². The molecule has 0 aliphatic carbocycles. The van der Waals surface area contributed by atoms with Crippen LogP contribution in [0.3, 0.4) is 0 Å². The molecule has 0 saturated carbocycles. The maximum Gasteiger partial charge on any atom is 0.319 e. The number of hydrogen-bond acceptors (Lipinski definition) is 3. The quantitative estimate of drug-likeness (QED) is 0.0583. The molecule has 3 nitrogen and oxygen atoms in total. The molecular weight excluding hydrogens is 456 g/mol. The highest BCUT2D eigenvalue weighted by Gasteiger charge is 2.35. The summed E-state index contributed by atoms with van der Waals surface area (Å²) in [4.78, 5) is 25.3. The van der Waals surface area contributed by atoms with Gasteiger partial charge in [0.15, 0.2) is 0 Å². The second-order valence-corrected chi connectivity index (χ2v) is 12.0. The van der Waals surface area contributed by atoms with Crippen LogP contribution in [0, 0.1) is 5.41 Å². The molecule has 0 aromatic rings. The molecule has 0 radical (unpaired) electrons. The standard InChI is InChI=1S/C34H66O3/c1-5-8-11-13-15-17-18-19-20-21-22-23-25-27-29-32(35)37-33(36)34(4,30-10-7-3)31-28-26-24-16-14-12-9-6-2/h5-31H2,1-4H3. The number of carbonyl (C=O) groups excluding carboxylic acids is 2. The van der Waals surface area contributed by atoms with Crippen LogP contribution in [0.5, 0.6) is 0 Å². The summed E-state index contributed by atoms with van der Waals surface area (Å²) >= 11 is 0. The number of hydrogen-bond donors (Lipinski definition) is 0. The van der Waals surface area contributed by atoms with E-state index in [0.717, 1.165) is 44.9 Å². The molecule has 37 heavy (non-hydrogen) atoms. The van der Waals surface area contributed by atoms with E-state index in [1.807, 2.05) is 6.92 Å². The summed E-state index contributed by atoms with van der Waals surface area (Å²) in [6.07, 6.45) is 32.3. The van der Waals surface area contributed by atoms with E-state index < -0.39 is 5.41 Å². The fourth-order valence-electron chi connectivity index (χ4n) is 5.29. The molecule has 0 amide bonds. The summed E-state index contributed by atoms with van der Waals surface area (Å²) in [6, 6.07) is 0. The molecule has 0 rings (SSSR count). The minimum Gasteiger partial charge on any atom is -0.393 e. The Morgan fingerprint density at radius 3 is 1.19 bits per heavy atom. The van der Waals surface area contributed by atoms with Crippen LogP contribution in [0.4, 0.5) is 0 Å². The normalized spacial score (nSPS) is 13.0. The Hall–Kier alpha value is -0.860. The molecule has 1 atom stereocenters. The van der Waals surface area contributed by atoms with E-state index in [-0.39, 0.29) is 11.9 Å². The zero-order chi connectivity index (χ0) is 27.5. The first-order valence-electron chi connectivity index (χ1n) is 16.7. The lowest BCUT2D eigenvalue weighted by Gasteiger charge is -2.27. The first kappa shape index (κ1) is 36.1. The van der Waals surface area contributed by atoms with Crippen LogP contribution in [0.1, 0.15) is 201 Å². The number of ether oxygens (including phenoxy) is 1. The highest BCUT2D eigenvalue weighted by atomic mass is 16.6. The first-order chi connectivity index (χ1) is 18.0. The van der Waals surface area contributed by atoms with Crippen molar-refractivity contribution in [2.75, 3.05) is 0 Å². The summed E-state index contributed by atoms with van der Waals surface area (Å²) < 4.78 is 5.37. The third kappa shape index (κ3) is 22.8. The lowest BCUT2D eigenvalue weighted by atomic mass is 9.80. The van der Waals surface area contributed by atoms with Crippen molar-refractivity contribution >= 4 is 11.9 Å². The van der Waals surface area contributed by atoms with Gasteiger partial charge in [0.05, 0.1) is 5.41 Å². The minimum absolute atomic E-state index is 0.278. The van der Waals surface area contributed by atoms with Gasteiger partial charge < -0.3 is 4.74 Å². The van der Waals surface area contributed by atoms with Gasteiger partial charge in [0.1, 0.15) is 0 Å². The molecule has 0 spiro atoms. The zero-order valence-electron chi connectivity index (χ0n) is 25.8. The maximum absolute atomic E-state index is 12.9. The van der Waals surface area contributed by atoms with Crippen LogP contribution in [0.15, 0.2) is 0 Å². The van der Waals surface area contributed by atoms with Crippen LogP contribution in [0.25, 0.3) is 0 Å². The van der Waals surface area contributed by atoms with Crippen molar-refractivity contribution in [2.45, 2.75) is 201 Å². The number of rotatable bonds is 28. The first-order valence-corrected chi connectivity index (χ1v) is 16.7. The van der Waals surface area contributed by atoms with Gasteiger partial charge in [-0.1, -0.05) is 168 Å². The third-order valence-electron chi connectivity index (χ3n) is 8.10. The molecule has 3 heteroatoms. The molecule has 0 saturated heterocycles. The summed E-state index contributed by atoms with van der Waals surface area (Å²) in [5, 5.41) is 0. The van der Waals surface area contributed by atoms with E-state index in [2.05, 4.69) is 20.8 Å². The average Bonchev–Trinajstić information content (AvgIpc) is 2.89. The Balaban J connectivity index is 3.91. The van der Waals surface area contributed by atoms with Crippen molar-refractivity contribution in [2.24, 2.45) is 5.41 Å². The molecular formula is C34H66O3. The summed E-state index contributed by atoms with van der Waals surface area (Å²) in [5.74, 6) is -0.596. The smallest absolute Gasteiger partial charge is 0.319 e. The summed E-state index contributed by atoms with van der Waals surface area (Å²) in [7, 11) is 0. The van der Waals surface area contributed by atoms with Crippen molar-refractivity contribution in [1.29, 1.82) is 0 Å². The third-order valence-corrected chi connectivity index (χ3v) is 8.10. The van der Waals surface area contributed by atoms with Gasteiger partial charge >= 0.3 is 11.9 Å². The Bertz CT molecular complexity index is 515. The number of carbonyl (C=O) groups is 2. The molecule has 0 bridgehead atoms. The topological polar surface area (TPSA) is 43.4 Å². The van der Waals surface area contributed by atoms with E-state index in [1.165, 1.54) is 122 Å². The Labute approximate surface area is 232 Å². The van der Waals surface area contributed by atoms with Crippen LogP contribution < -0.4 is 0 Å². The Morgan fingerprint density at radius 1 is 0.459 bits per heavy atom. The predicted molar refractivity (Wildman–Crippen MR) is 161 cm³/mol. The summed E-state index contributed by atoms with van der Waals surface area (Å²) in [6.45, 7) is 8.70. The molecule has 0 fully saturated rings.